The van der Waals surface area contributed by atoms with Gasteiger partial charge in [-0.1, -0.05) is 6.07 Å². The predicted molar refractivity (Wildman–Crippen MR) is 86.2 cm³/mol. The minimum Gasteiger partial charge on any atom is -0.399 e. The van der Waals surface area contributed by atoms with Crippen molar-refractivity contribution in [3.05, 3.63) is 52.3 Å². The summed E-state index contributed by atoms with van der Waals surface area (Å²) in [7, 11) is -2.11. The van der Waals surface area contributed by atoms with E-state index in [1.807, 2.05) is 19.1 Å². The van der Waals surface area contributed by atoms with E-state index in [0.717, 1.165) is 5.69 Å². The van der Waals surface area contributed by atoms with Gasteiger partial charge in [0.25, 0.3) is 0 Å². The van der Waals surface area contributed by atoms with Gasteiger partial charge in [-0.25, -0.2) is 8.42 Å². The highest BCUT2D eigenvalue weighted by Gasteiger charge is 2.24. The molecule has 1 heterocycles. The molecular formula is C14H16BrN3O2S. The lowest BCUT2D eigenvalue weighted by atomic mass is 10.3. The molecule has 0 radical (unpaired) electrons. The SMILES string of the molecule is Cc1cccc(CN(C)S(=O)(=O)c2cc(N)ccc2Br)n1. The average Bonchev–Trinajstić information content (AvgIpc) is 2.41. The van der Waals surface area contributed by atoms with E-state index in [1.54, 1.807) is 18.2 Å². The summed E-state index contributed by atoms with van der Waals surface area (Å²) in [5.41, 5.74) is 7.63. The zero-order chi connectivity index (χ0) is 15.6. The molecule has 2 aromatic rings. The van der Waals surface area contributed by atoms with E-state index in [-0.39, 0.29) is 11.4 Å². The van der Waals surface area contributed by atoms with Gasteiger partial charge in [-0.05, 0) is 53.2 Å². The van der Waals surface area contributed by atoms with E-state index in [2.05, 4.69) is 20.9 Å². The zero-order valence-electron chi connectivity index (χ0n) is 11.7. The Morgan fingerprint density at radius 2 is 2.00 bits per heavy atom. The topological polar surface area (TPSA) is 76.3 Å². The molecule has 2 N–H and O–H groups in total. The molecule has 2 rings (SSSR count). The fourth-order valence-electron chi connectivity index (χ4n) is 1.89. The summed E-state index contributed by atoms with van der Waals surface area (Å²) in [6, 6.07) is 10.2. The summed E-state index contributed by atoms with van der Waals surface area (Å²) in [6.07, 6.45) is 0. The van der Waals surface area contributed by atoms with E-state index in [4.69, 9.17) is 5.73 Å². The number of nitrogens with zero attached hydrogens (tertiary/aromatic N) is 2. The van der Waals surface area contributed by atoms with Crippen molar-refractivity contribution in [3.63, 3.8) is 0 Å². The Kier molecular flexibility index (Phi) is 4.65. The minimum atomic E-state index is -3.64. The number of hydrogen-bond donors (Lipinski definition) is 1. The first-order chi connectivity index (χ1) is 9.80. The molecule has 7 heteroatoms. The van der Waals surface area contributed by atoms with Crippen molar-refractivity contribution >= 4 is 31.6 Å². The van der Waals surface area contributed by atoms with E-state index in [9.17, 15) is 8.42 Å². The first-order valence-corrected chi connectivity index (χ1v) is 8.48. The van der Waals surface area contributed by atoms with Gasteiger partial charge in [0.2, 0.25) is 10.0 Å². The Morgan fingerprint density at radius 1 is 1.29 bits per heavy atom. The van der Waals surface area contributed by atoms with E-state index in [0.29, 0.717) is 15.9 Å². The van der Waals surface area contributed by atoms with E-state index in [1.165, 1.54) is 17.4 Å². The van der Waals surface area contributed by atoms with Gasteiger partial charge in [-0.3, -0.25) is 4.98 Å². The van der Waals surface area contributed by atoms with Crippen molar-refractivity contribution in [2.24, 2.45) is 0 Å². The standard InChI is InChI=1S/C14H16BrN3O2S/c1-10-4-3-5-12(17-10)9-18(2)21(19,20)14-8-11(16)6-7-13(14)15/h3-8H,9,16H2,1-2H3. The lowest BCUT2D eigenvalue weighted by Crippen LogP contribution is -2.27. The molecule has 1 aromatic carbocycles. The molecule has 112 valence electrons. The summed E-state index contributed by atoms with van der Waals surface area (Å²) in [5, 5.41) is 0. The number of anilines is 1. The fourth-order valence-corrected chi connectivity index (χ4v) is 3.98. The lowest BCUT2D eigenvalue weighted by molar-refractivity contribution is 0.461. The van der Waals surface area contributed by atoms with Gasteiger partial charge in [0, 0.05) is 22.9 Å². The van der Waals surface area contributed by atoms with Gasteiger partial charge < -0.3 is 5.73 Å². The van der Waals surface area contributed by atoms with E-state index < -0.39 is 10.0 Å². The third-order valence-electron chi connectivity index (χ3n) is 2.97. The Bertz CT molecular complexity index is 763. The van der Waals surface area contributed by atoms with Crippen LogP contribution < -0.4 is 5.73 Å². The lowest BCUT2D eigenvalue weighted by Gasteiger charge is -2.18. The third kappa shape index (κ3) is 3.61. The molecule has 0 saturated carbocycles. The normalized spacial score (nSPS) is 11.8. The van der Waals surface area contributed by atoms with Gasteiger partial charge in [0.15, 0.2) is 0 Å². The summed E-state index contributed by atoms with van der Waals surface area (Å²) in [4.78, 5) is 4.47. The van der Waals surface area contributed by atoms with Crippen LogP contribution in [0.15, 0.2) is 45.8 Å². The van der Waals surface area contributed by atoms with Crippen LogP contribution in [0.2, 0.25) is 0 Å². The van der Waals surface area contributed by atoms with Crippen molar-refractivity contribution < 1.29 is 8.42 Å². The number of pyridine rings is 1. The Labute approximate surface area is 133 Å². The van der Waals surface area contributed by atoms with Crippen LogP contribution in [0.4, 0.5) is 5.69 Å². The molecule has 0 aliphatic heterocycles. The highest BCUT2D eigenvalue weighted by atomic mass is 79.9. The molecule has 21 heavy (non-hydrogen) atoms. The number of nitrogens with two attached hydrogens (primary N) is 1. The molecule has 0 aliphatic rings. The average molecular weight is 370 g/mol. The number of sulfonamides is 1. The molecule has 0 aliphatic carbocycles. The van der Waals surface area contributed by atoms with Gasteiger partial charge >= 0.3 is 0 Å². The molecule has 0 saturated heterocycles. The monoisotopic (exact) mass is 369 g/mol. The van der Waals surface area contributed by atoms with Crippen LogP contribution in [0.25, 0.3) is 0 Å². The number of aromatic nitrogens is 1. The third-order valence-corrected chi connectivity index (χ3v) is 5.77. The van der Waals surface area contributed by atoms with Crippen LogP contribution in [0.5, 0.6) is 0 Å². The van der Waals surface area contributed by atoms with Crippen LogP contribution in [-0.4, -0.2) is 24.8 Å². The number of halogens is 1. The van der Waals surface area contributed by atoms with Crippen molar-refractivity contribution in [2.75, 3.05) is 12.8 Å². The van der Waals surface area contributed by atoms with Gasteiger partial charge in [0.05, 0.1) is 17.1 Å². The summed E-state index contributed by atoms with van der Waals surface area (Å²) in [5.74, 6) is 0. The number of rotatable bonds is 4. The van der Waals surface area contributed by atoms with Crippen molar-refractivity contribution in [3.8, 4) is 0 Å². The van der Waals surface area contributed by atoms with Crippen LogP contribution in [-0.2, 0) is 16.6 Å². The molecule has 0 bridgehead atoms. The highest BCUT2D eigenvalue weighted by molar-refractivity contribution is 9.10. The summed E-state index contributed by atoms with van der Waals surface area (Å²) < 4.78 is 27.0. The maximum Gasteiger partial charge on any atom is 0.244 e. The Hall–Kier alpha value is -1.44. The molecule has 0 amide bonds. The quantitative estimate of drug-likeness (QED) is 0.840. The van der Waals surface area contributed by atoms with Crippen LogP contribution in [0.3, 0.4) is 0 Å². The van der Waals surface area contributed by atoms with Crippen molar-refractivity contribution in [1.29, 1.82) is 0 Å². The molecule has 5 nitrogen and oxygen atoms in total. The second-order valence-electron chi connectivity index (χ2n) is 4.72. The summed E-state index contributed by atoms with van der Waals surface area (Å²) in [6.45, 7) is 2.07. The number of hydrogen-bond acceptors (Lipinski definition) is 4. The number of nitrogen functional groups attached to an aromatic ring is 1. The Morgan fingerprint density at radius 3 is 2.67 bits per heavy atom. The van der Waals surface area contributed by atoms with Crippen LogP contribution in [0.1, 0.15) is 11.4 Å². The second kappa shape index (κ2) is 6.13. The first kappa shape index (κ1) is 15.9. The van der Waals surface area contributed by atoms with Crippen LogP contribution in [0, 0.1) is 6.92 Å². The van der Waals surface area contributed by atoms with E-state index >= 15 is 0 Å². The molecule has 0 spiro atoms. The highest BCUT2D eigenvalue weighted by Crippen LogP contribution is 2.27. The second-order valence-corrected chi connectivity index (χ2v) is 7.59. The molecule has 0 unspecified atom stereocenters. The maximum atomic E-state index is 12.6. The predicted octanol–water partition coefficient (Wildman–Crippen LogP) is 2.56. The largest absolute Gasteiger partial charge is 0.399 e. The number of benzene rings is 1. The molecular weight excluding hydrogens is 354 g/mol. The zero-order valence-corrected chi connectivity index (χ0v) is 14.1. The molecule has 0 atom stereocenters. The fraction of sp³-hybridized carbons (Fsp3) is 0.214. The summed E-state index contributed by atoms with van der Waals surface area (Å²) >= 11 is 3.25. The van der Waals surface area contributed by atoms with Gasteiger partial charge in [-0.15, -0.1) is 0 Å². The van der Waals surface area contributed by atoms with Crippen molar-refractivity contribution in [1.82, 2.24) is 9.29 Å². The van der Waals surface area contributed by atoms with Gasteiger partial charge in [0.1, 0.15) is 0 Å². The van der Waals surface area contributed by atoms with Crippen LogP contribution >= 0.6 is 15.9 Å². The number of aryl methyl sites for hydroxylation is 1. The smallest absolute Gasteiger partial charge is 0.244 e. The minimum absolute atomic E-state index is 0.151. The molecule has 0 fully saturated rings. The molecule has 1 aromatic heterocycles. The Balaban J connectivity index is 2.33. The first-order valence-electron chi connectivity index (χ1n) is 6.24. The van der Waals surface area contributed by atoms with Gasteiger partial charge in [-0.2, -0.15) is 4.31 Å². The maximum absolute atomic E-state index is 12.6. The van der Waals surface area contributed by atoms with Crippen molar-refractivity contribution in [2.45, 2.75) is 18.4 Å².